The van der Waals surface area contributed by atoms with Gasteiger partial charge in [-0.05, 0) is 24.7 Å². The Bertz CT molecular complexity index is 530. The second-order valence-electron chi connectivity index (χ2n) is 6.03. The van der Waals surface area contributed by atoms with Gasteiger partial charge in [0.1, 0.15) is 6.71 Å². The molecule has 0 atom stereocenters. The smallest absolute Gasteiger partial charge is 0.144 e. The highest BCUT2D eigenvalue weighted by Crippen LogP contribution is 2.38. The summed E-state index contributed by atoms with van der Waals surface area (Å²) in [6.07, 6.45) is 5.13. The maximum atomic E-state index is 10.8. The van der Waals surface area contributed by atoms with Crippen LogP contribution in [0.4, 0.5) is 0 Å². The van der Waals surface area contributed by atoms with Crippen LogP contribution in [0.3, 0.4) is 0 Å². The monoisotopic (exact) mass is 264 g/mol. The summed E-state index contributed by atoms with van der Waals surface area (Å²) in [7, 11) is 0. The van der Waals surface area contributed by atoms with Crippen LogP contribution in [-0.2, 0) is 11.9 Å². The number of aliphatic hydroxyl groups is 1. The van der Waals surface area contributed by atoms with E-state index >= 15 is 0 Å². The SMILES string of the molecule is OC1(c2ccccc2)CCB(Cc2ccccc2)CC1. The van der Waals surface area contributed by atoms with Crippen molar-refractivity contribution in [3.8, 4) is 0 Å². The molecule has 0 amide bonds. The third kappa shape index (κ3) is 2.96. The van der Waals surface area contributed by atoms with E-state index in [1.165, 1.54) is 5.56 Å². The van der Waals surface area contributed by atoms with Crippen LogP contribution >= 0.6 is 0 Å². The standard InChI is InChI=1S/C18H21BO/c20-18(17-9-5-2-6-10-17)11-13-19(14-12-18)15-16-7-3-1-4-8-16/h1-10,20H,11-15H2. The van der Waals surface area contributed by atoms with Crippen molar-refractivity contribution >= 4 is 6.71 Å². The van der Waals surface area contributed by atoms with Gasteiger partial charge in [-0.2, -0.15) is 0 Å². The second-order valence-corrected chi connectivity index (χ2v) is 6.03. The zero-order valence-corrected chi connectivity index (χ0v) is 11.8. The van der Waals surface area contributed by atoms with Gasteiger partial charge in [-0.3, -0.25) is 0 Å². The molecule has 20 heavy (non-hydrogen) atoms. The predicted octanol–water partition coefficient (Wildman–Crippen LogP) is 3.94. The van der Waals surface area contributed by atoms with Crippen LogP contribution in [0.2, 0.25) is 12.6 Å². The molecule has 0 saturated carbocycles. The first kappa shape index (κ1) is 13.4. The molecule has 0 radical (unpaired) electrons. The Morgan fingerprint density at radius 3 is 2.00 bits per heavy atom. The van der Waals surface area contributed by atoms with E-state index in [-0.39, 0.29) is 0 Å². The van der Waals surface area contributed by atoms with Crippen molar-refractivity contribution in [3.63, 3.8) is 0 Å². The third-order valence-electron chi connectivity index (χ3n) is 4.61. The number of benzene rings is 2. The fourth-order valence-electron chi connectivity index (χ4n) is 3.34. The van der Waals surface area contributed by atoms with Crippen LogP contribution < -0.4 is 0 Å². The average molecular weight is 264 g/mol. The van der Waals surface area contributed by atoms with Crippen LogP contribution in [0.25, 0.3) is 0 Å². The molecule has 0 aromatic heterocycles. The van der Waals surface area contributed by atoms with Crippen molar-refractivity contribution in [2.24, 2.45) is 0 Å². The van der Waals surface area contributed by atoms with Crippen molar-refractivity contribution in [1.82, 2.24) is 0 Å². The predicted molar refractivity (Wildman–Crippen MR) is 85.1 cm³/mol. The number of hydrogen-bond acceptors (Lipinski definition) is 1. The van der Waals surface area contributed by atoms with Gasteiger partial charge in [0.15, 0.2) is 0 Å². The molecule has 102 valence electrons. The van der Waals surface area contributed by atoms with Gasteiger partial charge in [0.2, 0.25) is 0 Å². The van der Waals surface area contributed by atoms with Crippen LogP contribution in [0.1, 0.15) is 24.0 Å². The number of rotatable bonds is 3. The minimum Gasteiger partial charge on any atom is -0.385 e. The first-order valence-electron chi connectivity index (χ1n) is 7.58. The van der Waals surface area contributed by atoms with E-state index < -0.39 is 5.60 Å². The normalized spacial score (nSPS) is 17.9. The Kier molecular flexibility index (Phi) is 3.93. The maximum Gasteiger partial charge on any atom is 0.144 e. The van der Waals surface area contributed by atoms with Crippen molar-refractivity contribution in [1.29, 1.82) is 0 Å². The van der Waals surface area contributed by atoms with Crippen LogP contribution in [0.15, 0.2) is 60.7 Å². The van der Waals surface area contributed by atoms with E-state index in [1.807, 2.05) is 18.2 Å². The van der Waals surface area contributed by atoms with E-state index in [2.05, 4.69) is 42.5 Å². The quantitative estimate of drug-likeness (QED) is 0.832. The van der Waals surface area contributed by atoms with Crippen molar-refractivity contribution in [3.05, 3.63) is 71.8 Å². The molecule has 0 aliphatic carbocycles. The Morgan fingerprint density at radius 2 is 1.40 bits per heavy atom. The molecular formula is C18H21BO. The number of hydrogen-bond donors (Lipinski definition) is 1. The van der Waals surface area contributed by atoms with Gasteiger partial charge in [-0.25, -0.2) is 0 Å². The highest BCUT2D eigenvalue weighted by atomic mass is 16.3. The largest absolute Gasteiger partial charge is 0.385 e. The van der Waals surface area contributed by atoms with Gasteiger partial charge >= 0.3 is 0 Å². The van der Waals surface area contributed by atoms with E-state index in [0.29, 0.717) is 6.71 Å². The third-order valence-corrected chi connectivity index (χ3v) is 4.61. The summed E-state index contributed by atoms with van der Waals surface area (Å²) in [6.45, 7) is 0.710. The second kappa shape index (κ2) is 5.84. The summed E-state index contributed by atoms with van der Waals surface area (Å²) >= 11 is 0. The summed E-state index contributed by atoms with van der Waals surface area (Å²) in [6, 6.07) is 20.8. The molecule has 1 aliphatic rings. The molecular weight excluding hydrogens is 243 g/mol. The minimum atomic E-state index is -0.603. The van der Waals surface area contributed by atoms with E-state index in [1.54, 1.807) is 0 Å². The van der Waals surface area contributed by atoms with Gasteiger partial charge in [-0.15, -0.1) is 0 Å². The van der Waals surface area contributed by atoms with Crippen LogP contribution in [0, 0.1) is 0 Å². The fourth-order valence-corrected chi connectivity index (χ4v) is 3.34. The maximum absolute atomic E-state index is 10.8. The molecule has 1 fully saturated rings. The van der Waals surface area contributed by atoms with Crippen molar-refractivity contribution in [2.45, 2.75) is 37.4 Å². The lowest BCUT2D eigenvalue weighted by Gasteiger charge is -2.35. The van der Waals surface area contributed by atoms with Gasteiger partial charge in [0, 0.05) is 0 Å². The molecule has 2 heteroatoms. The molecule has 1 heterocycles. The van der Waals surface area contributed by atoms with E-state index in [9.17, 15) is 5.11 Å². The van der Waals surface area contributed by atoms with Gasteiger partial charge in [-0.1, -0.05) is 78.9 Å². The van der Waals surface area contributed by atoms with E-state index in [4.69, 9.17) is 0 Å². The Morgan fingerprint density at radius 1 is 0.850 bits per heavy atom. The van der Waals surface area contributed by atoms with E-state index in [0.717, 1.165) is 37.4 Å². The Balaban J connectivity index is 1.62. The molecule has 0 spiro atoms. The lowest BCUT2D eigenvalue weighted by atomic mass is 9.37. The molecule has 0 unspecified atom stereocenters. The Labute approximate surface area is 121 Å². The lowest BCUT2D eigenvalue weighted by Crippen LogP contribution is -2.35. The van der Waals surface area contributed by atoms with Gasteiger partial charge < -0.3 is 5.11 Å². The highest BCUT2D eigenvalue weighted by molar-refractivity contribution is 6.58. The topological polar surface area (TPSA) is 20.2 Å². The van der Waals surface area contributed by atoms with Gasteiger partial charge in [0.25, 0.3) is 0 Å². The first-order valence-corrected chi connectivity index (χ1v) is 7.58. The first-order chi connectivity index (χ1) is 9.76. The average Bonchev–Trinajstić information content (AvgIpc) is 2.52. The molecule has 1 nitrogen and oxygen atoms in total. The fraction of sp³-hybridized carbons (Fsp3) is 0.333. The molecule has 2 aromatic carbocycles. The molecule has 1 saturated heterocycles. The molecule has 1 N–H and O–H groups in total. The molecule has 3 rings (SSSR count). The zero-order valence-electron chi connectivity index (χ0n) is 11.8. The highest BCUT2D eigenvalue weighted by Gasteiger charge is 2.35. The van der Waals surface area contributed by atoms with Gasteiger partial charge in [0.05, 0.1) is 5.60 Å². The van der Waals surface area contributed by atoms with Crippen molar-refractivity contribution in [2.75, 3.05) is 0 Å². The summed E-state index contributed by atoms with van der Waals surface area (Å²) in [5.74, 6) is 0. The molecule has 0 bridgehead atoms. The Hall–Kier alpha value is -1.54. The zero-order chi connectivity index (χ0) is 13.8. The van der Waals surface area contributed by atoms with Crippen LogP contribution in [-0.4, -0.2) is 11.8 Å². The molecule has 2 aromatic rings. The summed E-state index contributed by atoms with van der Waals surface area (Å²) in [5, 5.41) is 10.8. The lowest BCUT2D eigenvalue weighted by molar-refractivity contribution is 0.0235. The van der Waals surface area contributed by atoms with Crippen molar-refractivity contribution < 1.29 is 5.11 Å². The summed E-state index contributed by atoms with van der Waals surface area (Å²) in [5.41, 5.74) is 1.90. The summed E-state index contributed by atoms with van der Waals surface area (Å²) in [4.78, 5) is 0. The minimum absolute atomic E-state index is 0.603. The molecule has 1 aliphatic heterocycles. The summed E-state index contributed by atoms with van der Waals surface area (Å²) < 4.78 is 0. The van der Waals surface area contributed by atoms with Crippen LogP contribution in [0.5, 0.6) is 0 Å².